The lowest BCUT2D eigenvalue weighted by molar-refractivity contribution is -0.118. The molecule has 0 aliphatic heterocycles. The fourth-order valence-corrected chi connectivity index (χ4v) is 2.14. The molecule has 22 heavy (non-hydrogen) atoms. The molecule has 0 aromatic heterocycles. The third-order valence-electron chi connectivity index (χ3n) is 3.40. The van der Waals surface area contributed by atoms with E-state index in [0.717, 1.165) is 17.7 Å². The van der Waals surface area contributed by atoms with Crippen molar-refractivity contribution >= 4 is 11.6 Å². The molecule has 2 aromatic carbocycles. The van der Waals surface area contributed by atoms with E-state index < -0.39 is 29.3 Å². The molecule has 0 radical (unpaired) electrons. The first-order valence-electron chi connectivity index (χ1n) is 7.05. The van der Waals surface area contributed by atoms with Crippen molar-refractivity contribution in [3.63, 3.8) is 0 Å². The minimum absolute atomic E-state index is 0.0626. The molecule has 0 aliphatic rings. The molecule has 2 rings (SSSR count). The highest BCUT2D eigenvalue weighted by Crippen LogP contribution is 2.18. The molecule has 0 fully saturated rings. The normalized spacial score (nSPS) is 13.5. The van der Waals surface area contributed by atoms with Gasteiger partial charge in [-0.1, -0.05) is 36.4 Å². The summed E-state index contributed by atoms with van der Waals surface area (Å²) in [5.41, 5.74) is 0.604. The highest BCUT2D eigenvalue weighted by Gasteiger charge is 2.19. The van der Waals surface area contributed by atoms with E-state index in [1.807, 2.05) is 37.3 Å². The number of halogens is 2. The third-order valence-corrected chi connectivity index (χ3v) is 3.40. The van der Waals surface area contributed by atoms with Gasteiger partial charge in [0.15, 0.2) is 0 Å². The second-order valence-corrected chi connectivity index (χ2v) is 5.11. The summed E-state index contributed by atoms with van der Waals surface area (Å²) in [6.45, 7) is 3.57. The standard InChI is InChI=1S/C17H18F2N2O/c1-11(13-7-4-3-5-8-13)20-12(2)17(22)21-16-14(18)9-6-10-15(16)19/h3-12,20H,1-2H3,(H,21,22)/t11-,12+/m1/s1. The van der Waals surface area contributed by atoms with Crippen molar-refractivity contribution in [3.05, 3.63) is 65.7 Å². The SMILES string of the molecule is C[C@H](N[C@H](C)c1ccccc1)C(=O)Nc1c(F)cccc1F. The molecule has 2 aromatic rings. The Labute approximate surface area is 128 Å². The van der Waals surface area contributed by atoms with E-state index in [1.54, 1.807) is 6.92 Å². The predicted octanol–water partition coefficient (Wildman–Crippen LogP) is 3.64. The van der Waals surface area contributed by atoms with Crippen molar-refractivity contribution in [2.45, 2.75) is 25.9 Å². The van der Waals surface area contributed by atoms with Gasteiger partial charge in [-0.3, -0.25) is 10.1 Å². The first kappa shape index (κ1) is 16.1. The monoisotopic (exact) mass is 304 g/mol. The smallest absolute Gasteiger partial charge is 0.241 e. The maximum Gasteiger partial charge on any atom is 0.241 e. The number of carbonyl (C=O) groups is 1. The van der Waals surface area contributed by atoms with Gasteiger partial charge in [-0.05, 0) is 31.5 Å². The first-order chi connectivity index (χ1) is 10.5. The molecule has 0 saturated heterocycles. The lowest BCUT2D eigenvalue weighted by atomic mass is 10.1. The Morgan fingerprint density at radius 2 is 1.55 bits per heavy atom. The Morgan fingerprint density at radius 1 is 0.955 bits per heavy atom. The number of carbonyl (C=O) groups excluding carboxylic acids is 1. The molecule has 0 bridgehead atoms. The second-order valence-electron chi connectivity index (χ2n) is 5.11. The number of nitrogens with one attached hydrogen (secondary N) is 2. The van der Waals surface area contributed by atoms with Gasteiger partial charge in [0.2, 0.25) is 5.91 Å². The molecule has 0 spiro atoms. The van der Waals surface area contributed by atoms with Crippen LogP contribution in [0.1, 0.15) is 25.5 Å². The zero-order valence-corrected chi connectivity index (χ0v) is 12.4. The van der Waals surface area contributed by atoms with Crippen molar-refractivity contribution in [2.75, 3.05) is 5.32 Å². The quantitative estimate of drug-likeness (QED) is 0.885. The molecule has 3 nitrogen and oxygen atoms in total. The summed E-state index contributed by atoms with van der Waals surface area (Å²) in [4.78, 5) is 12.1. The van der Waals surface area contributed by atoms with Crippen molar-refractivity contribution < 1.29 is 13.6 Å². The third kappa shape index (κ3) is 3.89. The minimum Gasteiger partial charge on any atom is -0.320 e. The van der Waals surface area contributed by atoms with Crippen LogP contribution in [0.3, 0.4) is 0 Å². The molecular formula is C17H18F2N2O. The topological polar surface area (TPSA) is 41.1 Å². The van der Waals surface area contributed by atoms with Crippen molar-refractivity contribution in [1.82, 2.24) is 5.32 Å². The van der Waals surface area contributed by atoms with Gasteiger partial charge in [0, 0.05) is 6.04 Å². The number of hydrogen-bond acceptors (Lipinski definition) is 2. The van der Waals surface area contributed by atoms with Gasteiger partial charge in [-0.2, -0.15) is 0 Å². The molecule has 1 amide bonds. The Balaban J connectivity index is 2.01. The van der Waals surface area contributed by atoms with Crippen LogP contribution < -0.4 is 10.6 Å². The Bertz CT molecular complexity index is 626. The van der Waals surface area contributed by atoms with E-state index >= 15 is 0 Å². The van der Waals surface area contributed by atoms with Gasteiger partial charge < -0.3 is 5.32 Å². The summed E-state index contributed by atoms with van der Waals surface area (Å²) in [6, 6.07) is 12.4. The van der Waals surface area contributed by atoms with E-state index in [2.05, 4.69) is 10.6 Å². The summed E-state index contributed by atoms with van der Waals surface area (Å²) < 4.78 is 27.1. The fourth-order valence-electron chi connectivity index (χ4n) is 2.14. The van der Waals surface area contributed by atoms with Crippen LogP contribution in [0.2, 0.25) is 0 Å². The number of amides is 1. The fraction of sp³-hybridized carbons (Fsp3) is 0.235. The lowest BCUT2D eigenvalue weighted by Gasteiger charge is -2.20. The number of rotatable bonds is 5. The van der Waals surface area contributed by atoms with Crippen molar-refractivity contribution in [3.8, 4) is 0 Å². The van der Waals surface area contributed by atoms with E-state index in [0.29, 0.717) is 0 Å². The van der Waals surface area contributed by atoms with Gasteiger partial charge >= 0.3 is 0 Å². The number of hydrogen-bond donors (Lipinski definition) is 2. The van der Waals surface area contributed by atoms with Crippen LogP contribution in [-0.2, 0) is 4.79 Å². The van der Waals surface area contributed by atoms with Crippen LogP contribution in [0, 0.1) is 11.6 Å². The Kier molecular flexibility index (Phi) is 5.22. The maximum absolute atomic E-state index is 13.5. The lowest BCUT2D eigenvalue weighted by Crippen LogP contribution is -2.39. The summed E-state index contributed by atoms with van der Waals surface area (Å²) in [7, 11) is 0. The molecule has 5 heteroatoms. The van der Waals surface area contributed by atoms with Crippen LogP contribution in [0.25, 0.3) is 0 Å². The zero-order chi connectivity index (χ0) is 16.1. The van der Waals surface area contributed by atoms with Crippen LogP contribution >= 0.6 is 0 Å². The highest BCUT2D eigenvalue weighted by atomic mass is 19.1. The first-order valence-corrected chi connectivity index (χ1v) is 7.05. The number of anilines is 1. The predicted molar refractivity (Wildman–Crippen MR) is 82.4 cm³/mol. The van der Waals surface area contributed by atoms with E-state index in [4.69, 9.17) is 0 Å². The molecular weight excluding hydrogens is 286 g/mol. The number of para-hydroxylation sites is 1. The number of benzene rings is 2. The largest absolute Gasteiger partial charge is 0.320 e. The maximum atomic E-state index is 13.5. The minimum atomic E-state index is -0.795. The Morgan fingerprint density at radius 3 is 2.14 bits per heavy atom. The molecule has 2 N–H and O–H groups in total. The summed E-state index contributed by atoms with van der Waals surface area (Å²) in [5.74, 6) is -2.08. The average Bonchev–Trinajstić information content (AvgIpc) is 2.51. The van der Waals surface area contributed by atoms with Crippen LogP contribution in [0.15, 0.2) is 48.5 Å². The molecule has 116 valence electrons. The molecule has 2 atom stereocenters. The van der Waals surface area contributed by atoms with E-state index in [-0.39, 0.29) is 6.04 Å². The Hall–Kier alpha value is -2.27. The van der Waals surface area contributed by atoms with Gasteiger partial charge in [0.05, 0.1) is 6.04 Å². The second kappa shape index (κ2) is 7.13. The van der Waals surface area contributed by atoms with Gasteiger partial charge in [-0.15, -0.1) is 0 Å². The van der Waals surface area contributed by atoms with Crippen LogP contribution in [0.4, 0.5) is 14.5 Å². The van der Waals surface area contributed by atoms with Gasteiger partial charge in [-0.25, -0.2) is 8.78 Å². The zero-order valence-electron chi connectivity index (χ0n) is 12.4. The van der Waals surface area contributed by atoms with Gasteiger partial charge in [0.1, 0.15) is 17.3 Å². The van der Waals surface area contributed by atoms with Crippen molar-refractivity contribution in [2.24, 2.45) is 0 Å². The summed E-state index contributed by atoms with van der Waals surface area (Å²) >= 11 is 0. The van der Waals surface area contributed by atoms with Gasteiger partial charge in [0.25, 0.3) is 0 Å². The molecule has 0 saturated carbocycles. The van der Waals surface area contributed by atoms with Crippen molar-refractivity contribution in [1.29, 1.82) is 0 Å². The van der Waals surface area contributed by atoms with Crippen LogP contribution in [-0.4, -0.2) is 11.9 Å². The van der Waals surface area contributed by atoms with Crippen LogP contribution in [0.5, 0.6) is 0 Å². The van der Waals surface area contributed by atoms with E-state index in [9.17, 15) is 13.6 Å². The average molecular weight is 304 g/mol. The molecule has 0 heterocycles. The molecule has 0 unspecified atom stereocenters. The summed E-state index contributed by atoms with van der Waals surface area (Å²) in [5, 5.41) is 5.38. The van der Waals surface area contributed by atoms with E-state index in [1.165, 1.54) is 6.07 Å². The summed E-state index contributed by atoms with van der Waals surface area (Å²) in [6.07, 6.45) is 0. The molecule has 0 aliphatic carbocycles. The highest BCUT2D eigenvalue weighted by molar-refractivity contribution is 5.94.